The van der Waals surface area contributed by atoms with Gasteiger partial charge in [-0.05, 0) is 38.5 Å². The van der Waals surface area contributed by atoms with Crippen LogP contribution < -0.4 is 0 Å². The van der Waals surface area contributed by atoms with Gasteiger partial charge in [0.2, 0.25) is 11.7 Å². The maximum atomic E-state index is 12.9. The molecule has 4 rings (SSSR count). The summed E-state index contributed by atoms with van der Waals surface area (Å²) in [5.41, 5.74) is 0.861. The van der Waals surface area contributed by atoms with Crippen molar-refractivity contribution < 1.29 is 13.8 Å². The zero-order chi connectivity index (χ0) is 17.4. The summed E-state index contributed by atoms with van der Waals surface area (Å²) >= 11 is 0. The second-order valence-corrected chi connectivity index (χ2v) is 7.05. The van der Waals surface area contributed by atoms with E-state index < -0.39 is 0 Å². The third-order valence-corrected chi connectivity index (χ3v) is 5.34. The van der Waals surface area contributed by atoms with E-state index in [0.29, 0.717) is 35.9 Å². The molecule has 0 aromatic carbocycles. The fourth-order valence-corrected chi connectivity index (χ4v) is 3.59. The molecular weight excluding hydrogens is 320 g/mol. The minimum absolute atomic E-state index is 0.134. The van der Waals surface area contributed by atoms with Gasteiger partial charge in [-0.2, -0.15) is 4.98 Å². The van der Waals surface area contributed by atoms with Crippen LogP contribution in [0.25, 0.3) is 0 Å². The first-order valence-electron chi connectivity index (χ1n) is 9.32. The van der Waals surface area contributed by atoms with Gasteiger partial charge >= 0.3 is 0 Å². The zero-order valence-electron chi connectivity index (χ0n) is 14.8. The molecule has 2 aromatic rings. The lowest BCUT2D eigenvalue weighted by atomic mass is 9.99. The first-order chi connectivity index (χ1) is 12.2. The van der Waals surface area contributed by atoms with E-state index in [2.05, 4.69) is 29.1 Å². The molecule has 0 bridgehead atoms. The van der Waals surface area contributed by atoms with Crippen LogP contribution in [0.1, 0.15) is 98.2 Å². The summed E-state index contributed by atoms with van der Waals surface area (Å²) in [7, 11) is 0. The summed E-state index contributed by atoms with van der Waals surface area (Å²) in [4.78, 5) is 19.2. The molecule has 1 amide bonds. The fraction of sp³-hybridized carbons (Fsp3) is 0.667. The van der Waals surface area contributed by atoms with Gasteiger partial charge in [-0.3, -0.25) is 4.79 Å². The second-order valence-electron chi connectivity index (χ2n) is 7.05. The van der Waals surface area contributed by atoms with Crippen LogP contribution in [0.5, 0.6) is 0 Å². The van der Waals surface area contributed by atoms with Gasteiger partial charge in [-0.25, -0.2) is 0 Å². The summed E-state index contributed by atoms with van der Waals surface area (Å²) in [6.45, 7) is 4.92. The Kier molecular flexibility index (Phi) is 4.31. The minimum Gasteiger partial charge on any atom is -0.351 e. The Morgan fingerprint density at radius 1 is 1.24 bits per heavy atom. The predicted octanol–water partition coefficient (Wildman–Crippen LogP) is 3.82. The van der Waals surface area contributed by atoms with Crippen molar-refractivity contribution in [3.05, 3.63) is 29.2 Å². The number of carbonyl (C=O) groups excluding carboxylic acids is 1. The highest BCUT2D eigenvalue weighted by Crippen LogP contribution is 2.40. The van der Waals surface area contributed by atoms with Crippen LogP contribution in [-0.4, -0.2) is 32.6 Å². The van der Waals surface area contributed by atoms with Crippen molar-refractivity contribution in [2.24, 2.45) is 0 Å². The maximum absolute atomic E-state index is 12.9. The van der Waals surface area contributed by atoms with E-state index in [1.807, 2.05) is 0 Å². The monoisotopic (exact) mass is 344 g/mol. The molecule has 0 radical (unpaired) electrons. The Morgan fingerprint density at radius 3 is 2.76 bits per heavy atom. The molecule has 2 fully saturated rings. The molecule has 1 saturated carbocycles. The highest BCUT2D eigenvalue weighted by molar-refractivity contribution is 5.92. The van der Waals surface area contributed by atoms with E-state index >= 15 is 0 Å². The molecule has 1 aliphatic heterocycles. The summed E-state index contributed by atoms with van der Waals surface area (Å²) < 4.78 is 10.7. The number of hydrogen-bond donors (Lipinski definition) is 0. The molecule has 2 aliphatic rings. The van der Waals surface area contributed by atoms with Gasteiger partial charge in [-0.15, -0.1) is 0 Å². The van der Waals surface area contributed by atoms with Crippen molar-refractivity contribution in [3.8, 4) is 0 Å². The number of aromatic nitrogens is 3. The lowest BCUT2D eigenvalue weighted by Gasteiger charge is -2.20. The molecular formula is C18H24N4O3. The molecule has 1 atom stereocenters. The van der Waals surface area contributed by atoms with Gasteiger partial charge in [0.25, 0.3) is 5.91 Å². The molecule has 25 heavy (non-hydrogen) atoms. The van der Waals surface area contributed by atoms with Gasteiger partial charge < -0.3 is 13.9 Å². The highest BCUT2D eigenvalue weighted by atomic mass is 16.5. The molecule has 134 valence electrons. The Hall–Kier alpha value is -2.18. The molecule has 2 aromatic heterocycles. The van der Waals surface area contributed by atoms with E-state index in [1.165, 1.54) is 0 Å². The summed E-state index contributed by atoms with van der Waals surface area (Å²) in [6.07, 6.45) is 5.98. The number of rotatable bonds is 6. The van der Waals surface area contributed by atoms with Crippen molar-refractivity contribution in [1.82, 2.24) is 20.2 Å². The van der Waals surface area contributed by atoms with E-state index in [1.54, 1.807) is 11.0 Å². The van der Waals surface area contributed by atoms with E-state index in [4.69, 9.17) is 9.05 Å². The molecule has 0 N–H and O–H groups in total. The van der Waals surface area contributed by atoms with Gasteiger partial charge in [0, 0.05) is 24.4 Å². The molecule has 7 heteroatoms. The lowest BCUT2D eigenvalue weighted by molar-refractivity contribution is 0.0686. The molecule has 7 nitrogen and oxygen atoms in total. The SMILES string of the molecule is CCC(CC)c1cc(C(=O)N2CCCC2c2noc(C3CC3)n2)on1. The molecule has 1 saturated heterocycles. The van der Waals surface area contributed by atoms with Crippen molar-refractivity contribution in [3.63, 3.8) is 0 Å². The van der Waals surface area contributed by atoms with Crippen molar-refractivity contribution >= 4 is 5.91 Å². The molecule has 1 unspecified atom stereocenters. The van der Waals surface area contributed by atoms with Gasteiger partial charge in [0.15, 0.2) is 5.82 Å². The number of carbonyl (C=O) groups is 1. The third-order valence-electron chi connectivity index (χ3n) is 5.34. The summed E-state index contributed by atoms with van der Waals surface area (Å²) in [5, 5.41) is 8.23. The molecule has 3 heterocycles. The Balaban J connectivity index is 1.52. The van der Waals surface area contributed by atoms with E-state index in [9.17, 15) is 4.79 Å². The number of hydrogen-bond acceptors (Lipinski definition) is 6. The lowest BCUT2D eigenvalue weighted by Crippen LogP contribution is -2.30. The first-order valence-corrected chi connectivity index (χ1v) is 9.32. The smallest absolute Gasteiger partial charge is 0.293 e. The van der Waals surface area contributed by atoms with Crippen molar-refractivity contribution in [1.29, 1.82) is 0 Å². The normalized spacial score (nSPS) is 20.6. The minimum atomic E-state index is -0.134. The van der Waals surface area contributed by atoms with E-state index in [-0.39, 0.29) is 11.9 Å². The van der Waals surface area contributed by atoms with Gasteiger partial charge in [0.1, 0.15) is 0 Å². The zero-order valence-corrected chi connectivity index (χ0v) is 14.8. The van der Waals surface area contributed by atoms with Crippen LogP contribution in [0.3, 0.4) is 0 Å². The second kappa shape index (κ2) is 6.61. The average molecular weight is 344 g/mol. The van der Waals surface area contributed by atoms with Gasteiger partial charge in [-0.1, -0.05) is 24.2 Å². The topological polar surface area (TPSA) is 85.3 Å². The third kappa shape index (κ3) is 3.07. The summed E-state index contributed by atoms with van der Waals surface area (Å²) in [6, 6.07) is 1.66. The van der Waals surface area contributed by atoms with Gasteiger partial charge in [0.05, 0.1) is 11.7 Å². The standard InChI is InChI=1S/C18H24N4O3/c1-3-11(4-2)13-10-15(24-20-13)18(23)22-9-5-6-14(22)16-19-17(25-21-16)12-7-8-12/h10-12,14H,3-9H2,1-2H3. The van der Waals surface area contributed by atoms with Crippen LogP contribution >= 0.6 is 0 Å². The fourth-order valence-electron chi connectivity index (χ4n) is 3.59. The van der Waals surface area contributed by atoms with Crippen LogP contribution in [0.15, 0.2) is 15.1 Å². The van der Waals surface area contributed by atoms with Crippen molar-refractivity contribution in [2.75, 3.05) is 6.54 Å². The van der Waals surface area contributed by atoms with Crippen LogP contribution in [0.4, 0.5) is 0 Å². The predicted molar refractivity (Wildman–Crippen MR) is 89.1 cm³/mol. The average Bonchev–Trinajstić information content (AvgIpc) is 3.07. The Morgan fingerprint density at radius 2 is 2.04 bits per heavy atom. The quantitative estimate of drug-likeness (QED) is 0.792. The number of amides is 1. The van der Waals surface area contributed by atoms with Crippen LogP contribution in [0.2, 0.25) is 0 Å². The molecule has 0 spiro atoms. The highest BCUT2D eigenvalue weighted by Gasteiger charge is 2.37. The summed E-state index contributed by atoms with van der Waals surface area (Å²) in [5.74, 6) is 2.25. The van der Waals surface area contributed by atoms with Crippen LogP contribution in [0, 0.1) is 0 Å². The number of nitrogens with zero attached hydrogens (tertiary/aromatic N) is 4. The number of likely N-dealkylation sites (tertiary alicyclic amines) is 1. The van der Waals surface area contributed by atoms with Crippen molar-refractivity contribution in [2.45, 2.75) is 70.3 Å². The maximum Gasteiger partial charge on any atom is 0.293 e. The Bertz CT molecular complexity index is 745. The van der Waals surface area contributed by atoms with E-state index in [0.717, 1.165) is 44.2 Å². The Labute approximate surface area is 146 Å². The first kappa shape index (κ1) is 16.3. The molecule has 1 aliphatic carbocycles. The largest absolute Gasteiger partial charge is 0.351 e. The van der Waals surface area contributed by atoms with Crippen LogP contribution in [-0.2, 0) is 0 Å².